The number of ether oxygens (including phenoxy) is 1. The highest BCUT2D eigenvalue weighted by Gasteiger charge is 2.16. The fourth-order valence-electron chi connectivity index (χ4n) is 2.97. The number of halogens is 1. The van der Waals surface area contributed by atoms with E-state index < -0.39 is 10.1 Å². The van der Waals surface area contributed by atoms with Crippen LogP contribution in [0.3, 0.4) is 0 Å². The molecule has 0 saturated heterocycles. The molecule has 0 spiro atoms. The van der Waals surface area contributed by atoms with Crippen molar-refractivity contribution < 1.29 is 27.6 Å². The number of hydrazone groups is 1. The lowest BCUT2D eigenvalue weighted by Gasteiger charge is -2.08. The Labute approximate surface area is 209 Å². The number of nitrogens with one attached hydrogen (secondary N) is 1. The molecule has 1 aliphatic rings. The van der Waals surface area contributed by atoms with E-state index in [1.165, 1.54) is 7.11 Å². The second kappa shape index (κ2) is 13.7. The average molecular weight is 523 g/mol. The summed E-state index contributed by atoms with van der Waals surface area (Å²) in [6.45, 7) is 0.0765. The molecule has 1 heterocycles. The Balaban J connectivity index is 0.000000784. The van der Waals surface area contributed by atoms with Gasteiger partial charge in [-0.25, -0.2) is 4.99 Å². The molecule has 0 aliphatic carbocycles. The van der Waals surface area contributed by atoms with Crippen LogP contribution in [0.1, 0.15) is 30.4 Å². The molecule has 2 aromatic rings. The molecule has 1 aliphatic heterocycles. The summed E-state index contributed by atoms with van der Waals surface area (Å²) in [6.07, 6.45) is 2.00. The summed E-state index contributed by atoms with van der Waals surface area (Å²) >= 11 is 6.22. The van der Waals surface area contributed by atoms with Gasteiger partial charge in [-0.15, -0.1) is 0 Å². The lowest BCUT2D eigenvalue weighted by Crippen LogP contribution is -2.23. The van der Waals surface area contributed by atoms with Gasteiger partial charge in [0, 0.05) is 22.6 Å². The molecule has 3 N–H and O–H groups in total. The molecule has 0 saturated carbocycles. The maximum atomic E-state index is 11.2. The van der Waals surface area contributed by atoms with Gasteiger partial charge >= 0.3 is 5.97 Å². The van der Waals surface area contributed by atoms with Gasteiger partial charge in [0.25, 0.3) is 10.1 Å². The van der Waals surface area contributed by atoms with E-state index in [1.54, 1.807) is 6.07 Å². The highest BCUT2D eigenvalue weighted by molar-refractivity contribution is 7.85. The van der Waals surface area contributed by atoms with E-state index in [-0.39, 0.29) is 19.0 Å². The smallest absolute Gasteiger partial charge is 0.305 e. The number of nitrogens with zero attached hydrogens (tertiary/aromatic N) is 3. The van der Waals surface area contributed by atoms with Gasteiger partial charge in [-0.3, -0.25) is 19.8 Å². The molecular formula is C23H27ClN4O6S. The van der Waals surface area contributed by atoms with Crippen LogP contribution in [0.15, 0.2) is 63.6 Å². The van der Waals surface area contributed by atoms with Crippen LogP contribution in [-0.4, -0.2) is 67.8 Å². The maximum Gasteiger partial charge on any atom is 0.305 e. The van der Waals surface area contributed by atoms with E-state index in [0.717, 1.165) is 22.5 Å². The Hall–Kier alpha value is -3.12. The van der Waals surface area contributed by atoms with Crippen molar-refractivity contribution in [2.24, 2.45) is 15.1 Å². The van der Waals surface area contributed by atoms with E-state index >= 15 is 0 Å². The number of aliphatic imine (C=N–C) groups is 2. The second-order valence-corrected chi connectivity index (χ2v) is 9.26. The van der Waals surface area contributed by atoms with Crippen LogP contribution < -0.4 is 5.43 Å². The number of hydrogen-bond acceptors (Lipinski definition) is 9. The molecule has 3 rings (SSSR count). The summed E-state index contributed by atoms with van der Waals surface area (Å²) in [7, 11) is -2.32. The minimum absolute atomic E-state index is 0.216. The molecule has 0 atom stereocenters. The number of rotatable bonds is 7. The third kappa shape index (κ3) is 10.4. The van der Waals surface area contributed by atoms with Gasteiger partial charge in [0.2, 0.25) is 0 Å². The predicted molar refractivity (Wildman–Crippen MR) is 136 cm³/mol. The summed E-state index contributed by atoms with van der Waals surface area (Å²) < 4.78 is 30.5. The zero-order valence-corrected chi connectivity index (χ0v) is 20.9. The average Bonchev–Trinajstić information content (AvgIpc) is 2.99. The largest absolute Gasteiger partial charge is 0.469 e. The number of fused-ring (bicyclic) bond motifs is 1. The van der Waals surface area contributed by atoms with Gasteiger partial charge in [-0.2, -0.15) is 13.5 Å². The first-order valence-corrected chi connectivity index (χ1v) is 12.7. The summed E-state index contributed by atoms with van der Waals surface area (Å²) in [5, 5.41) is 14.4. The minimum Gasteiger partial charge on any atom is -0.469 e. The number of methoxy groups -OCH3 is 1. The van der Waals surface area contributed by atoms with Gasteiger partial charge in [-0.05, 0) is 31.0 Å². The topological polar surface area (TPSA) is 150 Å². The van der Waals surface area contributed by atoms with Crippen molar-refractivity contribution in [3.63, 3.8) is 0 Å². The van der Waals surface area contributed by atoms with Crippen LogP contribution in [0.4, 0.5) is 5.69 Å². The van der Waals surface area contributed by atoms with Crippen LogP contribution in [0.5, 0.6) is 0 Å². The molecule has 2 aromatic carbocycles. The third-order valence-corrected chi connectivity index (χ3v) is 4.74. The molecule has 0 fully saturated rings. The van der Waals surface area contributed by atoms with Crippen molar-refractivity contribution in [3.05, 3.63) is 64.7 Å². The number of aliphatic hydroxyl groups is 1. The lowest BCUT2D eigenvalue weighted by molar-refractivity contribution is -0.140. The van der Waals surface area contributed by atoms with Crippen molar-refractivity contribution >= 4 is 50.6 Å². The van der Waals surface area contributed by atoms with E-state index in [4.69, 9.17) is 21.1 Å². The molecule has 12 heteroatoms. The van der Waals surface area contributed by atoms with Crippen LogP contribution in [0.2, 0.25) is 5.02 Å². The number of esters is 1. The number of carbonyl (C=O) groups excluding carboxylic acids is 1. The summed E-state index contributed by atoms with van der Waals surface area (Å²) in [5.41, 5.74) is 6.79. The van der Waals surface area contributed by atoms with Crippen LogP contribution >= 0.6 is 11.6 Å². The normalized spacial score (nSPS) is 13.3. The van der Waals surface area contributed by atoms with Gasteiger partial charge in [-0.1, -0.05) is 41.9 Å². The Bertz CT molecular complexity index is 1210. The van der Waals surface area contributed by atoms with Crippen molar-refractivity contribution in [2.45, 2.75) is 19.3 Å². The van der Waals surface area contributed by atoms with Crippen LogP contribution in [-0.2, 0) is 19.6 Å². The summed E-state index contributed by atoms with van der Waals surface area (Å²) in [6, 6.07) is 15.3. The van der Waals surface area contributed by atoms with Crippen molar-refractivity contribution in [3.8, 4) is 0 Å². The standard InChI is InChI=1S/C22H23ClN4O3.CH4O3S/c1-30-21(29)9-5-8-17(14-28)26-27-20-13-24-22(15-6-3-2-4-7-15)18-12-16(23)10-11-19(18)25-20;1-5(2,3)4/h2-4,6-7,10-12,28H,5,8-9,13-14H2,1H3,(H,25,27);1H3,(H,2,3,4). The fourth-order valence-corrected chi connectivity index (χ4v) is 3.14. The number of carbonyl (C=O) groups is 1. The summed E-state index contributed by atoms with van der Waals surface area (Å²) in [5.74, 6) is 0.259. The molecule has 0 amide bonds. The quantitative estimate of drug-likeness (QED) is 0.219. The number of aliphatic hydroxyl groups excluding tert-OH is 1. The zero-order valence-electron chi connectivity index (χ0n) is 19.3. The molecule has 0 aromatic heterocycles. The predicted octanol–water partition coefficient (Wildman–Crippen LogP) is 3.01. The van der Waals surface area contributed by atoms with Crippen molar-refractivity contribution in [1.29, 1.82) is 0 Å². The Morgan fingerprint density at radius 2 is 1.89 bits per heavy atom. The van der Waals surface area contributed by atoms with E-state index in [0.29, 0.717) is 42.2 Å². The Morgan fingerprint density at radius 3 is 2.51 bits per heavy atom. The SMILES string of the molecule is COC(=O)CCCC(CO)=NNC1=Nc2ccc(Cl)cc2C(c2ccccc2)=NC1.CS(=O)(=O)O. The molecule has 0 bridgehead atoms. The molecule has 188 valence electrons. The molecule has 10 nitrogen and oxygen atoms in total. The molecular weight excluding hydrogens is 496 g/mol. The first-order chi connectivity index (χ1) is 16.6. The molecule has 0 unspecified atom stereocenters. The van der Waals surface area contributed by atoms with Gasteiger partial charge < -0.3 is 9.84 Å². The maximum absolute atomic E-state index is 11.2. The zero-order chi connectivity index (χ0) is 25.8. The Kier molecular flexibility index (Phi) is 11.0. The van der Waals surface area contributed by atoms with Gasteiger partial charge in [0.1, 0.15) is 5.84 Å². The molecule has 0 radical (unpaired) electrons. The number of benzene rings is 2. The van der Waals surface area contributed by atoms with E-state index in [2.05, 4.69) is 20.3 Å². The lowest BCUT2D eigenvalue weighted by atomic mass is 10.0. The monoisotopic (exact) mass is 522 g/mol. The minimum atomic E-state index is -3.67. The summed E-state index contributed by atoms with van der Waals surface area (Å²) in [4.78, 5) is 20.6. The Morgan fingerprint density at radius 1 is 1.20 bits per heavy atom. The second-order valence-electron chi connectivity index (χ2n) is 7.36. The van der Waals surface area contributed by atoms with Gasteiger partial charge in [0.15, 0.2) is 0 Å². The third-order valence-electron chi connectivity index (χ3n) is 4.50. The highest BCUT2D eigenvalue weighted by Crippen LogP contribution is 2.28. The van der Waals surface area contributed by atoms with Gasteiger partial charge in [0.05, 0.1) is 43.6 Å². The number of hydrogen-bond donors (Lipinski definition) is 3. The highest BCUT2D eigenvalue weighted by atomic mass is 35.5. The fraction of sp³-hybridized carbons (Fsp3) is 0.304. The van der Waals surface area contributed by atoms with Crippen molar-refractivity contribution in [2.75, 3.05) is 26.5 Å². The van der Waals surface area contributed by atoms with Crippen molar-refractivity contribution in [1.82, 2.24) is 5.43 Å². The first kappa shape index (κ1) is 28.1. The van der Waals surface area contributed by atoms with Crippen LogP contribution in [0, 0.1) is 0 Å². The number of amidine groups is 1. The molecule has 35 heavy (non-hydrogen) atoms. The van der Waals surface area contributed by atoms with E-state index in [9.17, 15) is 18.3 Å². The van der Waals surface area contributed by atoms with E-state index in [1.807, 2.05) is 42.5 Å². The first-order valence-electron chi connectivity index (χ1n) is 10.5. The van der Waals surface area contributed by atoms with Crippen LogP contribution in [0.25, 0.3) is 0 Å².